The summed E-state index contributed by atoms with van der Waals surface area (Å²) in [7, 11) is -1.44. The van der Waals surface area contributed by atoms with Crippen LogP contribution in [0.4, 0.5) is 4.79 Å². The summed E-state index contributed by atoms with van der Waals surface area (Å²) in [6.07, 6.45) is -0.0168. The minimum atomic E-state index is -1.44. The van der Waals surface area contributed by atoms with Crippen molar-refractivity contribution in [1.29, 1.82) is 0 Å². The fraction of sp³-hybridized carbons (Fsp3) is 0.346. The van der Waals surface area contributed by atoms with E-state index in [9.17, 15) is 34.1 Å². The number of amides is 4. The zero-order valence-electron chi connectivity index (χ0n) is 21.0. The molecule has 0 bridgehead atoms. The number of imide groups is 1. The van der Waals surface area contributed by atoms with Crippen LogP contribution in [0.5, 0.6) is 5.75 Å². The summed E-state index contributed by atoms with van der Waals surface area (Å²) in [6.45, 7) is 4.14. The molecule has 198 valence electrons. The number of para-hydroxylation sites is 1. The second-order valence-corrected chi connectivity index (χ2v) is 9.38. The van der Waals surface area contributed by atoms with Crippen LogP contribution in [0.3, 0.4) is 0 Å². The Morgan fingerprint density at radius 2 is 1.82 bits per heavy atom. The molecule has 2 aliphatic rings. The number of ketones is 1. The van der Waals surface area contributed by atoms with Crippen molar-refractivity contribution in [2.24, 2.45) is 0 Å². The topological polar surface area (TPSA) is 154 Å². The monoisotopic (exact) mass is 521 g/mol. The van der Waals surface area contributed by atoms with E-state index < -0.39 is 48.6 Å². The molecule has 2 heterocycles. The Kier molecular flexibility index (Phi) is 7.82. The number of piperazine rings is 1. The molecule has 0 aliphatic carbocycles. The van der Waals surface area contributed by atoms with Crippen LogP contribution in [0, 0.1) is 6.92 Å². The first-order valence-electron chi connectivity index (χ1n) is 12.3. The number of fused-ring (bicyclic) bond motifs is 1. The number of rotatable bonds is 7. The molecule has 0 spiro atoms. The molecule has 1 fully saturated rings. The number of nitrogens with one attached hydrogen (secondary N) is 1. The van der Waals surface area contributed by atoms with E-state index >= 15 is 0 Å². The Morgan fingerprint density at radius 1 is 1.11 bits per heavy atom. The predicted molar refractivity (Wildman–Crippen MR) is 135 cm³/mol. The summed E-state index contributed by atoms with van der Waals surface area (Å²) < 4.78 is 5.50. The summed E-state index contributed by atoms with van der Waals surface area (Å²) >= 11 is 0. The van der Waals surface area contributed by atoms with Crippen LogP contribution in [0.1, 0.15) is 46.4 Å². The summed E-state index contributed by atoms with van der Waals surface area (Å²) in [4.78, 5) is 65.0. The Morgan fingerprint density at radius 3 is 2.47 bits per heavy atom. The van der Waals surface area contributed by atoms with Gasteiger partial charge in [-0.3, -0.25) is 19.3 Å². The zero-order chi connectivity index (χ0) is 27.6. The van der Waals surface area contributed by atoms with Gasteiger partial charge in [0.2, 0.25) is 0 Å². The lowest BCUT2D eigenvalue weighted by atomic mass is 9.64. The molecule has 0 aromatic heterocycles. The lowest BCUT2D eigenvalue weighted by Crippen LogP contribution is -2.58. The lowest BCUT2D eigenvalue weighted by Gasteiger charge is -2.33. The van der Waals surface area contributed by atoms with Gasteiger partial charge in [0.05, 0.1) is 5.56 Å². The van der Waals surface area contributed by atoms with Gasteiger partial charge in [-0.2, -0.15) is 0 Å². The molecule has 3 N–H and O–H groups in total. The normalized spacial score (nSPS) is 18.0. The van der Waals surface area contributed by atoms with Gasteiger partial charge < -0.3 is 25.0 Å². The number of hydrogen-bond acceptors (Lipinski definition) is 7. The van der Waals surface area contributed by atoms with Crippen LogP contribution in [0.25, 0.3) is 0 Å². The van der Waals surface area contributed by atoms with E-state index in [0.717, 1.165) is 10.5 Å². The highest BCUT2D eigenvalue weighted by molar-refractivity contribution is 6.47. The maximum atomic E-state index is 13.5. The lowest BCUT2D eigenvalue weighted by molar-refractivity contribution is -0.153. The second-order valence-electron chi connectivity index (χ2n) is 9.38. The van der Waals surface area contributed by atoms with E-state index in [1.54, 1.807) is 43.3 Å². The van der Waals surface area contributed by atoms with Crippen LogP contribution in [-0.2, 0) is 20.8 Å². The Labute approximate surface area is 219 Å². The highest BCUT2D eigenvalue weighted by atomic mass is 16.5. The van der Waals surface area contributed by atoms with Crippen molar-refractivity contribution in [3.05, 3.63) is 64.7 Å². The molecule has 2 aromatic carbocycles. The van der Waals surface area contributed by atoms with Crippen LogP contribution in [0.2, 0.25) is 5.82 Å². The van der Waals surface area contributed by atoms with Gasteiger partial charge in [-0.05, 0) is 37.5 Å². The van der Waals surface area contributed by atoms with E-state index in [1.165, 1.54) is 11.0 Å². The first-order valence-corrected chi connectivity index (χ1v) is 12.3. The highest BCUT2D eigenvalue weighted by Gasteiger charge is 2.41. The third-order valence-corrected chi connectivity index (χ3v) is 6.85. The summed E-state index contributed by atoms with van der Waals surface area (Å²) in [5.74, 6) is -4.03. The standard InChI is InChI=1S/C26H28BN3O8/c1-3-29-11-12-30(24(33)23(29)32)26(36)28-21(16-9-7-15(2)8-10-16)20(31)14-18-13-17-5-4-6-19(25(34)35)22(17)38-27(18)37/h4-10,18,21,37H,3,11-14H2,1-2H3,(H,28,36)(H,34,35)/t18-,21?/m1/s1. The maximum Gasteiger partial charge on any atom is 0.526 e. The van der Waals surface area contributed by atoms with Crippen LogP contribution in [-0.4, -0.2) is 76.3 Å². The Hall–Kier alpha value is -4.19. The SMILES string of the molecule is CCN1CCN(C(=O)NC(C(=O)C[C@H]2Cc3cccc(C(=O)O)c3OB2O)c2ccc(C)cc2)C(=O)C1=O. The molecule has 11 nitrogen and oxygen atoms in total. The molecule has 38 heavy (non-hydrogen) atoms. The molecule has 2 atom stereocenters. The molecule has 4 rings (SSSR count). The molecule has 2 aliphatic heterocycles. The Balaban J connectivity index is 1.54. The largest absolute Gasteiger partial charge is 0.535 e. The fourth-order valence-electron chi connectivity index (χ4n) is 4.68. The minimum Gasteiger partial charge on any atom is -0.535 e. The van der Waals surface area contributed by atoms with E-state index in [2.05, 4.69) is 5.32 Å². The summed E-state index contributed by atoms with van der Waals surface area (Å²) in [6, 6.07) is 9.50. The van der Waals surface area contributed by atoms with E-state index in [1.807, 2.05) is 6.92 Å². The quantitative estimate of drug-likeness (QED) is 0.367. The van der Waals surface area contributed by atoms with Crippen LogP contribution < -0.4 is 9.97 Å². The maximum absolute atomic E-state index is 13.5. The van der Waals surface area contributed by atoms with Gasteiger partial charge in [-0.25, -0.2) is 9.59 Å². The van der Waals surface area contributed by atoms with Gasteiger partial charge in [-0.15, -0.1) is 0 Å². The molecule has 12 heteroatoms. The van der Waals surface area contributed by atoms with Gasteiger partial charge in [0.25, 0.3) is 0 Å². The second kappa shape index (κ2) is 11.1. The highest BCUT2D eigenvalue weighted by Crippen LogP contribution is 2.37. The van der Waals surface area contributed by atoms with Gasteiger partial charge in [0.15, 0.2) is 5.78 Å². The average molecular weight is 521 g/mol. The van der Waals surface area contributed by atoms with Gasteiger partial charge in [-0.1, -0.05) is 42.0 Å². The minimum absolute atomic E-state index is 0.00305. The van der Waals surface area contributed by atoms with Crippen molar-refractivity contribution in [3.8, 4) is 5.75 Å². The number of carbonyl (C=O) groups excluding carboxylic acids is 4. The number of carboxylic acid groups (broad SMARTS) is 1. The van der Waals surface area contributed by atoms with Crippen molar-refractivity contribution < 1.29 is 38.8 Å². The first kappa shape index (κ1) is 26.9. The number of likely N-dealkylation sites (N-methyl/N-ethyl adjacent to an activating group) is 1. The van der Waals surface area contributed by atoms with Crippen molar-refractivity contribution >= 4 is 36.7 Å². The van der Waals surface area contributed by atoms with E-state index in [-0.39, 0.29) is 37.2 Å². The first-order chi connectivity index (χ1) is 18.1. The van der Waals surface area contributed by atoms with E-state index in [4.69, 9.17) is 4.65 Å². The molecule has 0 saturated carbocycles. The zero-order valence-corrected chi connectivity index (χ0v) is 21.0. The molecule has 1 saturated heterocycles. The number of Topliss-reactive ketones (excluding diaryl/α,β-unsaturated/α-hetero) is 1. The van der Waals surface area contributed by atoms with Gasteiger partial charge >= 0.3 is 30.9 Å². The van der Waals surface area contributed by atoms with Crippen molar-refractivity contribution in [3.63, 3.8) is 0 Å². The molecule has 0 radical (unpaired) electrons. The number of hydrogen-bond donors (Lipinski definition) is 3. The van der Waals surface area contributed by atoms with Gasteiger partial charge in [0, 0.05) is 31.9 Å². The molecule has 1 unspecified atom stereocenters. The molecule has 4 amide bonds. The number of carbonyl (C=O) groups is 5. The van der Waals surface area contributed by atoms with E-state index in [0.29, 0.717) is 17.7 Å². The summed E-state index contributed by atoms with van der Waals surface area (Å²) in [5.41, 5.74) is 1.87. The number of aryl methyl sites for hydroxylation is 1. The number of urea groups is 1. The molecular weight excluding hydrogens is 493 g/mol. The predicted octanol–water partition coefficient (Wildman–Crippen LogP) is 1.58. The number of benzene rings is 2. The number of carboxylic acids is 1. The van der Waals surface area contributed by atoms with Crippen molar-refractivity contribution in [2.75, 3.05) is 19.6 Å². The fourth-order valence-corrected chi connectivity index (χ4v) is 4.68. The third kappa shape index (κ3) is 5.40. The third-order valence-electron chi connectivity index (χ3n) is 6.85. The van der Waals surface area contributed by atoms with Crippen molar-refractivity contribution in [2.45, 2.75) is 38.5 Å². The smallest absolute Gasteiger partial charge is 0.526 e. The summed E-state index contributed by atoms with van der Waals surface area (Å²) in [5, 5.41) is 22.6. The Bertz CT molecular complexity index is 1280. The number of nitrogens with zero attached hydrogens (tertiary/aromatic N) is 2. The van der Waals surface area contributed by atoms with Gasteiger partial charge in [0.1, 0.15) is 11.8 Å². The number of aromatic carboxylic acids is 1. The average Bonchev–Trinajstić information content (AvgIpc) is 2.89. The molecular formula is C26H28BN3O8. The van der Waals surface area contributed by atoms with Crippen LogP contribution in [0.15, 0.2) is 42.5 Å². The van der Waals surface area contributed by atoms with Crippen molar-refractivity contribution in [1.82, 2.24) is 15.1 Å². The van der Waals surface area contributed by atoms with Crippen LogP contribution >= 0.6 is 0 Å². The molecule has 2 aromatic rings.